The normalized spacial score (nSPS) is 13.3. The van der Waals surface area contributed by atoms with E-state index in [9.17, 15) is 0 Å². The van der Waals surface area contributed by atoms with Crippen molar-refractivity contribution >= 4 is 0 Å². The van der Waals surface area contributed by atoms with Crippen molar-refractivity contribution in [1.29, 1.82) is 0 Å². The van der Waals surface area contributed by atoms with Crippen LogP contribution in [0.25, 0.3) is 0 Å². The molecule has 0 spiro atoms. The van der Waals surface area contributed by atoms with Gasteiger partial charge in [0.25, 0.3) is 0 Å². The van der Waals surface area contributed by atoms with Crippen LogP contribution in [0, 0.1) is 20.8 Å². The number of hydrogen-bond donors (Lipinski definition) is 2. The number of hydrazine groups is 1. The Morgan fingerprint density at radius 1 is 1.13 bits per heavy atom. The lowest BCUT2D eigenvalue weighted by Gasteiger charge is -2.26. The maximum Gasteiger partial charge on any atom is 0.0983 e. The van der Waals surface area contributed by atoms with Crippen LogP contribution in [-0.4, -0.2) is 19.0 Å². The number of nitrogens with one attached hydrogen (secondary N) is 1. The third-order valence-electron chi connectivity index (χ3n) is 3.07. The summed E-state index contributed by atoms with van der Waals surface area (Å²) in [5.41, 5.74) is 8.05. The van der Waals surface area contributed by atoms with E-state index in [0.29, 0.717) is 0 Å². The molecule has 0 radical (unpaired) electrons. The molecule has 3 N–H and O–H groups in total. The van der Waals surface area contributed by atoms with Crippen molar-refractivity contribution in [1.82, 2.24) is 10.3 Å². The highest BCUT2D eigenvalue weighted by Crippen LogP contribution is 2.23. The van der Waals surface area contributed by atoms with Gasteiger partial charge in [-0.3, -0.25) is 10.7 Å². The molecule has 0 saturated carbocycles. The highest BCUT2D eigenvalue weighted by molar-refractivity contribution is 5.40. The molecule has 0 aromatic heterocycles. The molecular formula is C12H21N3. The average molecular weight is 207 g/mol. The number of nitrogens with zero attached hydrogens (tertiary/aromatic N) is 1. The first-order valence-corrected chi connectivity index (χ1v) is 5.18. The van der Waals surface area contributed by atoms with Crippen LogP contribution in [0.4, 0.5) is 0 Å². The number of aryl methyl sites for hydroxylation is 1. The van der Waals surface area contributed by atoms with Gasteiger partial charge in [0.05, 0.1) is 6.17 Å². The molecule has 0 aliphatic rings. The van der Waals surface area contributed by atoms with E-state index in [4.69, 9.17) is 5.84 Å². The van der Waals surface area contributed by atoms with Crippen molar-refractivity contribution < 1.29 is 0 Å². The maximum atomic E-state index is 5.57. The molecule has 3 nitrogen and oxygen atoms in total. The summed E-state index contributed by atoms with van der Waals surface area (Å²) in [6, 6.07) is 4.29. The van der Waals surface area contributed by atoms with Gasteiger partial charge in [0.15, 0.2) is 0 Å². The first-order chi connectivity index (χ1) is 6.99. The van der Waals surface area contributed by atoms with E-state index in [1.165, 1.54) is 22.3 Å². The van der Waals surface area contributed by atoms with E-state index in [2.05, 4.69) is 43.2 Å². The summed E-state index contributed by atoms with van der Waals surface area (Å²) >= 11 is 0. The van der Waals surface area contributed by atoms with Gasteiger partial charge in [0.2, 0.25) is 0 Å². The predicted molar refractivity (Wildman–Crippen MR) is 64.4 cm³/mol. The van der Waals surface area contributed by atoms with Gasteiger partial charge in [-0.2, -0.15) is 0 Å². The van der Waals surface area contributed by atoms with Crippen LogP contribution < -0.4 is 11.3 Å². The molecule has 1 unspecified atom stereocenters. The third-order valence-corrected chi connectivity index (χ3v) is 3.07. The summed E-state index contributed by atoms with van der Waals surface area (Å²) in [5.74, 6) is 5.57. The van der Waals surface area contributed by atoms with Gasteiger partial charge in [-0.25, -0.2) is 5.43 Å². The minimum absolute atomic E-state index is 0.0734. The van der Waals surface area contributed by atoms with Gasteiger partial charge in [-0.1, -0.05) is 12.1 Å². The fourth-order valence-electron chi connectivity index (χ4n) is 1.79. The number of nitrogens with two attached hydrogens (primary N) is 1. The first kappa shape index (κ1) is 12.2. The fourth-order valence-corrected chi connectivity index (χ4v) is 1.79. The Hall–Kier alpha value is -0.900. The lowest BCUT2D eigenvalue weighted by atomic mass is 9.97. The second kappa shape index (κ2) is 4.75. The molecule has 1 atom stereocenters. The zero-order valence-electron chi connectivity index (χ0n) is 10.3. The zero-order chi connectivity index (χ0) is 11.6. The van der Waals surface area contributed by atoms with Crippen molar-refractivity contribution in [3.05, 3.63) is 34.4 Å². The van der Waals surface area contributed by atoms with Crippen molar-refractivity contribution in [2.45, 2.75) is 26.9 Å². The molecule has 84 valence electrons. The Kier molecular flexibility index (Phi) is 3.85. The molecule has 15 heavy (non-hydrogen) atoms. The number of hydrogen-bond acceptors (Lipinski definition) is 3. The average Bonchev–Trinajstić information content (AvgIpc) is 2.18. The van der Waals surface area contributed by atoms with Gasteiger partial charge in [0.1, 0.15) is 0 Å². The minimum atomic E-state index is 0.0734. The molecule has 0 saturated heterocycles. The predicted octanol–water partition coefficient (Wildman–Crippen LogP) is 1.64. The molecule has 1 aromatic carbocycles. The van der Waals surface area contributed by atoms with Crippen molar-refractivity contribution in [3.63, 3.8) is 0 Å². The smallest absolute Gasteiger partial charge is 0.0983 e. The molecular weight excluding hydrogens is 186 g/mol. The highest BCUT2D eigenvalue weighted by atomic mass is 15.4. The molecule has 0 aliphatic heterocycles. The van der Waals surface area contributed by atoms with Crippen molar-refractivity contribution in [2.24, 2.45) is 5.84 Å². The van der Waals surface area contributed by atoms with Crippen LogP contribution in [0.3, 0.4) is 0 Å². The zero-order valence-corrected chi connectivity index (χ0v) is 10.3. The fraction of sp³-hybridized carbons (Fsp3) is 0.500. The highest BCUT2D eigenvalue weighted by Gasteiger charge is 2.15. The lowest BCUT2D eigenvalue weighted by molar-refractivity contribution is 0.252. The van der Waals surface area contributed by atoms with E-state index >= 15 is 0 Å². The molecule has 0 fully saturated rings. The Morgan fingerprint density at radius 2 is 1.73 bits per heavy atom. The molecule has 1 aromatic rings. The standard InChI is InChI=1S/C12H21N3/c1-8-6-7-11(10(3)9(8)2)12(14-13)15(4)5/h6-7,12,14H,13H2,1-5H3. The SMILES string of the molecule is Cc1ccc(C(NN)N(C)C)c(C)c1C. The van der Waals surface area contributed by atoms with Crippen molar-refractivity contribution in [2.75, 3.05) is 14.1 Å². The van der Waals surface area contributed by atoms with E-state index in [-0.39, 0.29) is 6.17 Å². The monoisotopic (exact) mass is 207 g/mol. The van der Waals surface area contributed by atoms with E-state index in [1.54, 1.807) is 0 Å². The summed E-state index contributed by atoms with van der Waals surface area (Å²) < 4.78 is 0. The molecule has 3 heteroatoms. The van der Waals surface area contributed by atoms with E-state index < -0.39 is 0 Å². The summed E-state index contributed by atoms with van der Waals surface area (Å²) in [6.07, 6.45) is 0.0734. The summed E-state index contributed by atoms with van der Waals surface area (Å²) in [4.78, 5) is 2.07. The van der Waals surface area contributed by atoms with Crippen LogP contribution in [0.2, 0.25) is 0 Å². The van der Waals surface area contributed by atoms with Crippen LogP contribution in [0.15, 0.2) is 12.1 Å². The Labute approximate surface area is 92.2 Å². The Bertz CT molecular complexity index is 345. The first-order valence-electron chi connectivity index (χ1n) is 5.18. The summed E-state index contributed by atoms with van der Waals surface area (Å²) in [6.45, 7) is 6.43. The van der Waals surface area contributed by atoms with Crippen LogP contribution in [-0.2, 0) is 0 Å². The summed E-state index contributed by atoms with van der Waals surface area (Å²) in [7, 11) is 4.03. The molecule has 0 amide bonds. The second-order valence-corrected chi connectivity index (χ2v) is 4.25. The molecule has 0 heterocycles. The van der Waals surface area contributed by atoms with E-state index in [0.717, 1.165) is 0 Å². The summed E-state index contributed by atoms with van der Waals surface area (Å²) in [5, 5.41) is 0. The minimum Gasteiger partial charge on any atom is -0.289 e. The Morgan fingerprint density at radius 3 is 2.20 bits per heavy atom. The maximum absolute atomic E-state index is 5.57. The van der Waals surface area contributed by atoms with Gasteiger partial charge < -0.3 is 0 Å². The Balaban J connectivity index is 3.19. The van der Waals surface area contributed by atoms with Crippen molar-refractivity contribution in [3.8, 4) is 0 Å². The van der Waals surface area contributed by atoms with Gasteiger partial charge >= 0.3 is 0 Å². The molecule has 1 rings (SSSR count). The number of benzene rings is 1. The largest absolute Gasteiger partial charge is 0.289 e. The van der Waals surface area contributed by atoms with Gasteiger partial charge in [-0.15, -0.1) is 0 Å². The molecule has 0 bridgehead atoms. The topological polar surface area (TPSA) is 41.3 Å². The van der Waals surface area contributed by atoms with Crippen LogP contribution in [0.1, 0.15) is 28.4 Å². The van der Waals surface area contributed by atoms with Gasteiger partial charge in [0, 0.05) is 0 Å². The second-order valence-electron chi connectivity index (χ2n) is 4.25. The van der Waals surface area contributed by atoms with Gasteiger partial charge in [-0.05, 0) is 57.1 Å². The third kappa shape index (κ3) is 2.37. The number of rotatable bonds is 3. The van der Waals surface area contributed by atoms with Crippen LogP contribution >= 0.6 is 0 Å². The lowest BCUT2D eigenvalue weighted by Crippen LogP contribution is -2.38. The van der Waals surface area contributed by atoms with E-state index in [1.807, 2.05) is 14.1 Å². The van der Waals surface area contributed by atoms with Crippen LogP contribution in [0.5, 0.6) is 0 Å². The molecule has 0 aliphatic carbocycles. The quantitative estimate of drug-likeness (QED) is 0.450.